The predicted molar refractivity (Wildman–Crippen MR) is 96.6 cm³/mol. The van der Waals surface area contributed by atoms with E-state index in [0.717, 1.165) is 18.5 Å². The highest BCUT2D eigenvalue weighted by Gasteiger charge is 2.20. The van der Waals surface area contributed by atoms with Gasteiger partial charge in [0, 0.05) is 26.2 Å². The SMILES string of the molecule is CN1CCC/C1=N\S(=O)(=O)c1ccc(N=Cc2ccccc2)cc1. The molecule has 3 rings (SSSR count). The van der Waals surface area contributed by atoms with E-state index in [0.29, 0.717) is 17.9 Å². The van der Waals surface area contributed by atoms with Crippen LogP contribution in [0.4, 0.5) is 5.69 Å². The average Bonchev–Trinajstić information content (AvgIpc) is 2.98. The van der Waals surface area contributed by atoms with E-state index < -0.39 is 10.0 Å². The predicted octanol–water partition coefficient (Wildman–Crippen LogP) is 3.25. The minimum Gasteiger partial charge on any atom is -0.362 e. The summed E-state index contributed by atoms with van der Waals surface area (Å²) in [4.78, 5) is 6.42. The van der Waals surface area contributed by atoms with Crippen LogP contribution in [0.15, 0.2) is 68.9 Å². The second-order valence-electron chi connectivity index (χ2n) is 5.67. The molecule has 2 aromatic rings. The highest BCUT2D eigenvalue weighted by Crippen LogP contribution is 2.20. The van der Waals surface area contributed by atoms with Crippen LogP contribution in [0.25, 0.3) is 0 Å². The van der Waals surface area contributed by atoms with Crippen LogP contribution < -0.4 is 0 Å². The normalized spacial score (nSPS) is 17.0. The molecule has 5 nitrogen and oxygen atoms in total. The van der Waals surface area contributed by atoms with Crippen molar-refractivity contribution in [3.8, 4) is 0 Å². The fraction of sp³-hybridized carbons (Fsp3) is 0.222. The topological polar surface area (TPSA) is 62.1 Å². The molecule has 1 saturated heterocycles. The van der Waals surface area contributed by atoms with Crippen molar-refractivity contribution in [3.05, 3.63) is 60.2 Å². The van der Waals surface area contributed by atoms with E-state index in [-0.39, 0.29) is 4.90 Å². The molecule has 0 saturated carbocycles. The third-order valence-corrected chi connectivity index (χ3v) is 5.18. The zero-order valence-corrected chi connectivity index (χ0v) is 14.3. The molecule has 0 atom stereocenters. The van der Waals surface area contributed by atoms with Gasteiger partial charge in [-0.3, -0.25) is 4.99 Å². The smallest absolute Gasteiger partial charge is 0.283 e. The molecule has 0 N–H and O–H groups in total. The molecule has 0 amide bonds. The highest BCUT2D eigenvalue weighted by molar-refractivity contribution is 7.90. The number of likely N-dealkylation sites (tertiary alicyclic amines) is 1. The summed E-state index contributed by atoms with van der Waals surface area (Å²) >= 11 is 0. The number of nitrogens with zero attached hydrogens (tertiary/aromatic N) is 3. The van der Waals surface area contributed by atoms with Gasteiger partial charge in [0.2, 0.25) is 0 Å². The van der Waals surface area contributed by atoms with Gasteiger partial charge in [0.25, 0.3) is 10.0 Å². The highest BCUT2D eigenvalue weighted by atomic mass is 32.2. The zero-order chi connectivity index (χ0) is 17.0. The maximum Gasteiger partial charge on any atom is 0.283 e. The molecule has 24 heavy (non-hydrogen) atoms. The van der Waals surface area contributed by atoms with Gasteiger partial charge in [-0.1, -0.05) is 30.3 Å². The summed E-state index contributed by atoms with van der Waals surface area (Å²) < 4.78 is 28.7. The Morgan fingerprint density at radius 1 is 1.04 bits per heavy atom. The van der Waals surface area contributed by atoms with Crippen LogP contribution >= 0.6 is 0 Å². The molecule has 2 aromatic carbocycles. The van der Waals surface area contributed by atoms with Crippen LogP contribution in [0.3, 0.4) is 0 Å². The molecular formula is C18H19N3O2S. The number of rotatable bonds is 4. The third-order valence-electron chi connectivity index (χ3n) is 3.86. The lowest BCUT2D eigenvalue weighted by molar-refractivity contribution is 0.548. The number of amidine groups is 1. The lowest BCUT2D eigenvalue weighted by Gasteiger charge is -2.10. The minimum absolute atomic E-state index is 0.189. The average molecular weight is 341 g/mol. The number of sulfonamides is 1. The lowest BCUT2D eigenvalue weighted by atomic mass is 10.2. The van der Waals surface area contributed by atoms with Crippen molar-refractivity contribution in [2.45, 2.75) is 17.7 Å². The van der Waals surface area contributed by atoms with Crippen molar-refractivity contribution in [3.63, 3.8) is 0 Å². The fourth-order valence-corrected chi connectivity index (χ4v) is 3.59. The van der Waals surface area contributed by atoms with E-state index in [9.17, 15) is 8.42 Å². The number of hydrogen-bond acceptors (Lipinski definition) is 3. The maximum atomic E-state index is 12.4. The molecule has 0 radical (unpaired) electrons. The molecule has 124 valence electrons. The monoisotopic (exact) mass is 341 g/mol. The van der Waals surface area contributed by atoms with Crippen LogP contribution in [0.1, 0.15) is 18.4 Å². The first kappa shape index (κ1) is 16.4. The molecule has 1 aliphatic rings. The molecule has 1 aliphatic heterocycles. The first-order valence-corrected chi connectivity index (χ1v) is 9.23. The van der Waals surface area contributed by atoms with Gasteiger partial charge in [-0.25, -0.2) is 0 Å². The lowest BCUT2D eigenvalue weighted by Crippen LogP contribution is -2.20. The Morgan fingerprint density at radius 2 is 1.75 bits per heavy atom. The summed E-state index contributed by atoms with van der Waals surface area (Å²) in [5, 5.41) is 0. The van der Waals surface area contributed by atoms with Crippen molar-refractivity contribution in [2.24, 2.45) is 9.39 Å². The summed E-state index contributed by atoms with van der Waals surface area (Å²) in [7, 11) is -1.80. The van der Waals surface area contributed by atoms with Crippen LogP contribution in [0, 0.1) is 0 Å². The van der Waals surface area contributed by atoms with E-state index in [1.54, 1.807) is 30.5 Å². The van der Waals surface area contributed by atoms with E-state index >= 15 is 0 Å². The Bertz CT molecular complexity index is 857. The first-order chi connectivity index (χ1) is 11.5. The van der Waals surface area contributed by atoms with Gasteiger partial charge in [-0.15, -0.1) is 4.40 Å². The van der Waals surface area contributed by atoms with Crippen molar-refractivity contribution in [2.75, 3.05) is 13.6 Å². The van der Waals surface area contributed by atoms with Gasteiger partial charge in [0.1, 0.15) is 5.84 Å². The Balaban J connectivity index is 1.78. The maximum absolute atomic E-state index is 12.4. The summed E-state index contributed by atoms with van der Waals surface area (Å²) in [5.41, 5.74) is 1.69. The second-order valence-corrected chi connectivity index (χ2v) is 7.27. The Hall–Kier alpha value is -2.47. The molecule has 0 spiro atoms. The molecule has 0 aliphatic carbocycles. The molecule has 0 unspecified atom stereocenters. The first-order valence-electron chi connectivity index (χ1n) is 7.79. The number of benzene rings is 2. The van der Waals surface area contributed by atoms with Gasteiger partial charge in [0.05, 0.1) is 10.6 Å². The molecule has 0 bridgehead atoms. The van der Waals surface area contributed by atoms with Crippen LogP contribution in [-0.4, -0.2) is 39.0 Å². The van der Waals surface area contributed by atoms with Gasteiger partial charge in [-0.05, 0) is 36.2 Å². The van der Waals surface area contributed by atoms with Crippen molar-refractivity contribution in [1.82, 2.24) is 4.90 Å². The third kappa shape index (κ3) is 3.89. The van der Waals surface area contributed by atoms with E-state index in [2.05, 4.69) is 9.39 Å². The van der Waals surface area contributed by atoms with Gasteiger partial charge < -0.3 is 4.90 Å². The molecule has 1 heterocycles. The standard InChI is InChI=1S/C18H19N3O2S/c1-21-13-5-8-18(21)20-24(22,23)17-11-9-16(10-12-17)19-14-15-6-3-2-4-7-15/h2-4,6-7,9-12,14H,5,8,13H2,1H3/b19-14?,20-18+. The molecule has 0 aromatic heterocycles. The summed E-state index contributed by atoms with van der Waals surface area (Å²) in [6.07, 6.45) is 3.39. The van der Waals surface area contributed by atoms with Crippen LogP contribution in [0.2, 0.25) is 0 Å². The number of hydrogen-bond donors (Lipinski definition) is 0. The number of aliphatic imine (C=N–C) groups is 1. The van der Waals surface area contributed by atoms with Crippen molar-refractivity contribution < 1.29 is 8.42 Å². The molecular weight excluding hydrogens is 322 g/mol. The quantitative estimate of drug-likeness (QED) is 0.802. The Kier molecular flexibility index (Phi) is 4.76. The summed E-state index contributed by atoms with van der Waals surface area (Å²) in [6.45, 7) is 0.849. The summed E-state index contributed by atoms with van der Waals surface area (Å²) in [5.74, 6) is 0.626. The largest absolute Gasteiger partial charge is 0.362 e. The van der Waals surface area contributed by atoms with Crippen molar-refractivity contribution >= 4 is 27.8 Å². The van der Waals surface area contributed by atoms with E-state index in [1.807, 2.05) is 42.3 Å². The molecule has 1 fully saturated rings. The summed E-state index contributed by atoms with van der Waals surface area (Å²) in [6, 6.07) is 16.2. The molecule has 6 heteroatoms. The van der Waals surface area contributed by atoms with Crippen LogP contribution in [-0.2, 0) is 10.0 Å². The Labute approximate surface area is 142 Å². The van der Waals surface area contributed by atoms with Gasteiger partial charge in [0.15, 0.2) is 0 Å². The van der Waals surface area contributed by atoms with Crippen molar-refractivity contribution in [1.29, 1.82) is 0 Å². The zero-order valence-electron chi connectivity index (χ0n) is 13.5. The van der Waals surface area contributed by atoms with Gasteiger partial charge >= 0.3 is 0 Å². The van der Waals surface area contributed by atoms with E-state index in [1.165, 1.54) is 0 Å². The minimum atomic E-state index is -3.67. The second kappa shape index (κ2) is 6.97. The Morgan fingerprint density at radius 3 is 2.38 bits per heavy atom. The van der Waals surface area contributed by atoms with Crippen LogP contribution in [0.5, 0.6) is 0 Å². The van der Waals surface area contributed by atoms with E-state index in [4.69, 9.17) is 0 Å². The van der Waals surface area contributed by atoms with Gasteiger partial charge in [-0.2, -0.15) is 8.42 Å². The fourth-order valence-electron chi connectivity index (χ4n) is 2.49.